The second-order valence-corrected chi connectivity index (χ2v) is 7.58. The number of aliphatic carboxylic acids is 1. The van der Waals surface area contributed by atoms with Crippen LogP contribution in [0.3, 0.4) is 0 Å². The van der Waals surface area contributed by atoms with Gasteiger partial charge in [-0.15, -0.1) is 0 Å². The molecule has 0 saturated heterocycles. The zero-order valence-corrected chi connectivity index (χ0v) is 18.4. The highest BCUT2D eigenvalue weighted by Gasteiger charge is 2.14. The Kier molecular flexibility index (Phi) is 6.69. The summed E-state index contributed by atoms with van der Waals surface area (Å²) < 4.78 is 17.4. The second-order valence-electron chi connectivity index (χ2n) is 7.58. The molecular formula is C26H24N2O5. The number of oxazole rings is 1. The van der Waals surface area contributed by atoms with Crippen LogP contribution in [0.1, 0.15) is 35.6 Å². The van der Waals surface area contributed by atoms with Gasteiger partial charge in [0.2, 0.25) is 5.89 Å². The van der Waals surface area contributed by atoms with Crippen molar-refractivity contribution in [3.8, 4) is 23.0 Å². The fourth-order valence-corrected chi connectivity index (χ4v) is 3.17. The van der Waals surface area contributed by atoms with Crippen LogP contribution in [0.15, 0.2) is 77.3 Å². The highest BCUT2D eigenvalue weighted by Crippen LogP contribution is 2.23. The average molecular weight is 444 g/mol. The summed E-state index contributed by atoms with van der Waals surface area (Å²) in [6.45, 7) is 4.04. The molecule has 4 rings (SSSR count). The van der Waals surface area contributed by atoms with Gasteiger partial charge in [0.1, 0.15) is 36.2 Å². The minimum atomic E-state index is -0.874. The fraction of sp³-hybridized carbons (Fsp3) is 0.192. The molecule has 0 aliphatic heterocycles. The molecule has 7 heteroatoms. The van der Waals surface area contributed by atoms with Crippen LogP contribution in [-0.2, 0) is 18.0 Å². The number of rotatable bonds is 9. The molecule has 2 heterocycles. The Labute approximate surface area is 191 Å². The van der Waals surface area contributed by atoms with E-state index in [1.807, 2.05) is 49.4 Å². The van der Waals surface area contributed by atoms with Gasteiger partial charge in [-0.25, -0.2) is 4.98 Å². The highest BCUT2D eigenvalue weighted by molar-refractivity contribution is 5.75. The lowest BCUT2D eigenvalue weighted by atomic mass is 10.0. The molecule has 168 valence electrons. The van der Waals surface area contributed by atoms with Crippen molar-refractivity contribution >= 4 is 5.97 Å². The molecule has 4 aromatic rings. The van der Waals surface area contributed by atoms with Gasteiger partial charge in [0.05, 0.1) is 17.8 Å². The van der Waals surface area contributed by atoms with Gasteiger partial charge in [-0.3, -0.25) is 9.78 Å². The summed E-state index contributed by atoms with van der Waals surface area (Å²) in [5, 5.41) is 9.17. The minimum Gasteiger partial charge on any atom is -0.487 e. The molecule has 0 amide bonds. The first-order chi connectivity index (χ1) is 16.0. The van der Waals surface area contributed by atoms with Crippen molar-refractivity contribution in [1.82, 2.24) is 9.97 Å². The van der Waals surface area contributed by atoms with Gasteiger partial charge in [0, 0.05) is 5.56 Å². The molecule has 0 spiro atoms. The summed E-state index contributed by atoms with van der Waals surface area (Å²) in [5.41, 5.74) is 3.07. The maximum atomic E-state index is 11.2. The largest absolute Gasteiger partial charge is 0.487 e. The number of pyridine rings is 1. The van der Waals surface area contributed by atoms with Crippen LogP contribution in [0, 0.1) is 6.92 Å². The summed E-state index contributed by atoms with van der Waals surface area (Å²) in [5.74, 6) is 1.02. The van der Waals surface area contributed by atoms with E-state index in [1.54, 1.807) is 37.4 Å². The lowest BCUT2D eigenvalue weighted by Gasteiger charge is -2.10. The van der Waals surface area contributed by atoms with E-state index >= 15 is 0 Å². The number of aryl methyl sites for hydroxylation is 1. The van der Waals surface area contributed by atoms with Crippen LogP contribution in [-0.4, -0.2) is 21.0 Å². The van der Waals surface area contributed by atoms with Crippen molar-refractivity contribution in [2.45, 2.75) is 33.0 Å². The molecule has 33 heavy (non-hydrogen) atoms. The lowest BCUT2D eigenvalue weighted by molar-refractivity contribution is -0.138. The molecular weight excluding hydrogens is 420 g/mol. The van der Waals surface area contributed by atoms with Gasteiger partial charge in [-0.05, 0) is 55.8 Å². The lowest BCUT2D eigenvalue weighted by Crippen LogP contribution is -2.07. The Morgan fingerprint density at radius 3 is 2.52 bits per heavy atom. The van der Waals surface area contributed by atoms with Crippen molar-refractivity contribution in [3.63, 3.8) is 0 Å². The SMILES string of the molecule is Cc1oc(-c2ccccc2)nc1COc1ccc(COc2cccc(C(C)C(=O)O)c2)nc1. The fourth-order valence-electron chi connectivity index (χ4n) is 3.17. The average Bonchev–Trinajstić information content (AvgIpc) is 3.22. The van der Waals surface area contributed by atoms with Crippen LogP contribution >= 0.6 is 0 Å². The van der Waals surface area contributed by atoms with Gasteiger partial charge in [0.15, 0.2) is 0 Å². The standard InChI is InChI=1S/C26H24N2O5/c1-17(26(29)30)20-9-6-10-22(13-20)31-15-21-11-12-23(14-27-21)32-16-24-18(2)33-25(28-24)19-7-4-3-5-8-19/h3-14,17H,15-16H2,1-2H3,(H,29,30). The summed E-state index contributed by atoms with van der Waals surface area (Å²) in [4.78, 5) is 20.1. The molecule has 0 bridgehead atoms. The summed E-state index contributed by atoms with van der Waals surface area (Å²) in [6, 6.07) is 20.4. The van der Waals surface area contributed by atoms with E-state index in [4.69, 9.17) is 13.9 Å². The first kappa shape index (κ1) is 22.1. The van der Waals surface area contributed by atoms with Gasteiger partial charge < -0.3 is 19.0 Å². The quantitative estimate of drug-likeness (QED) is 0.370. The number of carbonyl (C=O) groups is 1. The number of aromatic nitrogens is 2. The summed E-state index contributed by atoms with van der Waals surface area (Å²) >= 11 is 0. The molecule has 0 radical (unpaired) electrons. The van der Waals surface area contributed by atoms with Crippen molar-refractivity contribution in [3.05, 3.63) is 95.6 Å². The van der Waals surface area contributed by atoms with Crippen LogP contribution in [0.4, 0.5) is 0 Å². The molecule has 2 aromatic carbocycles. The molecule has 7 nitrogen and oxygen atoms in total. The van der Waals surface area contributed by atoms with E-state index in [2.05, 4.69) is 9.97 Å². The van der Waals surface area contributed by atoms with E-state index in [0.717, 1.165) is 17.0 Å². The maximum absolute atomic E-state index is 11.2. The Balaban J connectivity index is 1.33. The number of nitrogens with zero attached hydrogens (tertiary/aromatic N) is 2. The van der Waals surface area contributed by atoms with E-state index in [9.17, 15) is 9.90 Å². The number of benzene rings is 2. The number of ether oxygens (including phenoxy) is 2. The van der Waals surface area contributed by atoms with E-state index < -0.39 is 11.9 Å². The number of hydrogen-bond donors (Lipinski definition) is 1. The Morgan fingerprint density at radius 1 is 1.00 bits per heavy atom. The van der Waals surface area contributed by atoms with Gasteiger partial charge in [-0.2, -0.15) is 0 Å². The van der Waals surface area contributed by atoms with Crippen LogP contribution in [0.5, 0.6) is 11.5 Å². The van der Waals surface area contributed by atoms with E-state index in [0.29, 0.717) is 28.7 Å². The Morgan fingerprint density at radius 2 is 1.79 bits per heavy atom. The minimum absolute atomic E-state index is 0.258. The van der Waals surface area contributed by atoms with Crippen molar-refractivity contribution in [1.29, 1.82) is 0 Å². The molecule has 2 aromatic heterocycles. The van der Waals surface area contributed by atoms with Gasteiger partial charge >= 0.3 is 5.97 Å². The smallest absolute Gasteiger partial charge is 0.310 e. The van der Waals surface area contributed by atoms with E-state index in [1.165, 1.54) is 0 Å². The molecule has 0 aliphatic carbocycles. The number of hydrogen-bond acceptors (Lipinski definition) is 6. The predicted molar refractivity (Wildman–Crippen MR) is 122 cm³/mol. The third-order valence-corrected chi connectivity index (χ3v) is 5.20. The third-order valence-electron chi connectivity index (χ3n) is 5.20. The topological polar surface area (TPSA) is 94.7 Å². The second kappa shape index (κ2) is 9.99. The van der Waals surface area contributed by atoms with Crippen molar-refractivity contribution < 1.29 is 23.8 Å². The molecule has 1 unspecified atom stereocenters. The molecule has 0 saturated carbocycles. The maximum Gasteiger partial charge on any atom is 0.310 e. The Bertz CT molecular complexity index is 1220. The zero-order chi connectivity index (χ0) is 23.2. The first-order valence-electron chi connectivity index (χ1n) is 10.5. The number of carboxylic acid groups (broad SMARTS) is 1. The highest BCUT2D eigenvalue weighted by atomic mass is 16.5. The first-order valence-corrected chi connectivity index (χ1v) is 10.5. The third kappa shape index (κ3) is 5.57. The predicted octanol–water partition coefficient (Wildman–Crippen LogP) is 5.39. The van der Waals surface area contributed by atoms with E-state index in [-0.39, 0.29) is 13.2 Å². The summed E-state index contributed by atoms with van der Waals surface area (Å²) in [6.07, 6.45) is 1.63. The monoisotopic (exact) mass is 444 g/mol. The molecule has 1 atom stereocenters. The number of carboxylic acids is 1. The van der Waals surface area contributed by atoms with Crippen LogP contribution in [0.2, 0.25) is 0 Å². The molecule has 0 aliphatic rings. The van der Waals surface area contributed by atoms with Crippen molar-refractivity contribution in [2.75, 3.05) is 0 Å². The normalized spacial score (nSPS) is 11.7. The van der Waals surface area contributed by atoms with Gasteiger partial charge in [-0.1, -0.05) is 30.3 Å². The zero-order valence-electron chi connectivity index (χ0n) is 18.4. The molecule has 1 N–H and O–H groups in total. The van der Waals surface area contributed by atoms with Crippen molar-refractivity contribution in [2.24, 2.45) is 0 Å². The van der Waals surface area contributed by atoms with Crippen LogP contribution in [0.25, 0.3) is 11.5 Å². The van der Waals surface area contributed by atoms with Gasteiger partial charge in [0.25, 0.3) is 0 Å². The van der Waals surface area contributed by atoms with Crippen LogP contribution < -0.4 is 9.47 Å². The summed E-state index contributed by atoms with van der Waals surface area (Å²) in [7, 11) is 0. The molecule has 0 fully saturated rings. The Hall–Kier alpha value is -4.13.